The maximum atomic E-state index is 4.77. The van der Waals surface area contributed by atoms with Crippen LogP contribution in [-0.4, -0.2) is 9.55 Å². The van der Waals surface area contributed by atoms with Crippen LogP contribution in [0.4, 0.5) is 0 Å². The number of fused-ring (bicyclic) bond motifs is 2. The zero-order chi connectivity index (χ0) is 14.9. The molecular formula is C20H18N2. The highest BCUT2D eigenvalue weighted by Gasteiger charge is 2.10. The number of benzene rings is 3. The molecule has 22 heavy (non-hydrogen) atoms. The Labute approximate surface area is 130 Å². The average molecular weight is 286 g/mol. The van der Waals surface area contributed by atoms with Gasteiger partial charge in [-0.05, 0) is 28.5 Å². The van der Waals surface area contributed by atoms with Crippen LogP contribution < -0.4 is 0 Å². The number of para-hydroxylation sites is 2. The van der Waals surface area contributed by atoms with Gasteiger partial charge in [-0.25, -0.2) is 4.98 Å². The first-order valence-electron chi connectivity index (χ1n) is 7.77. The van der Waals surface area contributed by atoms with Gasteiger partial charge in [-0.2, -0.15) is 0 Å². The lowest BCUT2D eigenvalue weighted by atomic mass is 10.0. The number of hydrogen-bond donors (Lipinski definition) is 0. The number of rotatable bonds is 3. The number of aromatic nitrogens is 2. The van der Waals surface area contributed by atoms with Gasteiger partial charge >= 0.3 is 0 Å². The summed E-state index contributed by atoms with van der Waals surface area (Å²) < 4.78 is 2.34. The van der Waals surface area contributed by atoms with E-state index in [9.17, 15) is 0 Å². The molecule has 0 fully saturated rings. The van der Waals surface area contributed by atoms with Crippen LogP contribution >= 0.6 is 0 Å². The van der Waals surface area contributed by atoms with E-state index in [1.807, 2.05) is 0 Å². The highest BCUT2D eigenvalue weighted by atomic mass is 15.1. The van der Waals surface area contributed by atoms with Crippen LogP contribution in [0.1, 0.15) is 18.3 Å². The van der Waals surface area contributed by atoms with E-state index in [0.717, 1.165) is 24.3 Å². The van der Waals surface area contributed by atoms with E-state index < -0.39 is 0 Å². The van der Waals surface area contributed by atoms with Crippen molar-refractivity contribution in [1.82, 2.24) is 9.55 Å². The van der Waals surface area contributed by atoms with Gasteiger partial charge in [-0.3, -0.25) is 0 Å². The summed E-state index contributed by atoms with van der Waals surface area (Å²) in [6, 6.07) is 23.5. The Hall–Kier alpha value is -2.61. The molecule has 0 aliphatic rings. The fourth-order valence-electron chi connectivity index (χ4n) is 3.17. The SMILES string of the molecule is CCc1nc2ccccc2n1Cc1cccc2ccccc12. The van der Waals surface area contributed by atoms with E-state index in [4.69, 9.17) is 4.98 Å². The van der Waals surface area contributed by atoms with E-state index >= 15 is 0 Å². The number of imidazole rings is 1. The normalized spacial score (nSPS) is 11.3. The van der Waals surface area contributed by atoms with Crippen LogP contribution in [0.15, 0.2) is 66.7 Å². The average Bonchev–Trinajstić information content (AvgIpc) is 2.93. The Kier molecular flexibility index (Phi) is 3.15. The van der Waals surface area contributed by atoms with E-state index in [0.29, 0.717) is 0 Å². The minimum Gasteiger partial charge on any atom is -0.323 e. The molecule has 0 aliphatic carbocycles. The summed E-state index contributed by atoms with van der Waals surface area (Å²) >= 11 is 0. The predicted octanol–water partition coefficient (Wildman–Crippen LogP) is 4.80. The van der Waals surface area contributed by atoms with Crippen LogP contribution in [0.3, 0.4) is 0 Å². The molecule has 4 aromatic rings. The molecule has 0 aliphatic heterocycles. The summed E-state index contributed by atoms with van der Waals surface area (Å²) in [6.07, 6.45) is 0.944. The molecule has 0 amide bonds. The Morgan fingerprint density at radius 2 is 1.64 bits per heavy atom. The van der Waals surface area contributed by atoms with E-state index in [-0.39, 0.29) is 0 Å². The van der Waals surface area contributed by atoms with Crippen LogP contribution in [0.5, 0.6) is 0 Å². The van der Waals surface area contributed by atoms with Crippen molar-refractivity contribution in [2.75, 3.05) is 0 Å². The maximum absolute atomic E-state index is 4.77. The van der Waals surface area contributed by atoms with Gasteiger partial charge in [-0.1, -0.05) is 61.5 Å². The van der Waals surface area contributed by atoms with E-state index in [2.05, 4.69) is 78.2 Å². The summed E-state index contributed by atoms with van der Waals surface area (Å²) in [7, 11) is 0. The molecule has 0 saturated heterocycles. The van der Waals surface area contributed by atoms with Gasteiger partial charge in [-0.15, -0.1) is 0 Å². The highest BCUT2D eigenvalue weighted by molar-refractivity contribution is 5.86. The smallest absolute Gasteiger partial charge is 0.109 e. The molecule has 0 radical (unpaired) electrons. The van der Waals surface area contributed by atoms with Crippen LogP contribution in [-0.2, 0) is 13.0 Å². The third-order valence-corrected chi connectivity index (χ3v) is 4.26. The van der Waals surface area contributed by atoms with Gasteiger partial charge in [0.15, 0.2) is 0 Å². The third kappa shape index (κ3) is 2.08. The van der Waals surface area contributed by atoms with Gasteiger partial charge in [0.25, 0.3) is 0 Å². The van der Waals surface area contributed by atoms with Crippen molar-refractivity contribution < 1.29 is 0 Å². The Morgan fingerprint density at radius 1 is 0.864 bits per heavy atom. The lowest BCUT2D eigenvalue weighted by Crippen LogP contribution is -2.04. The number of aryl methyl sites for hydroxylation is 1. The number of nitrogens with zero attached hydrogens (tertiary/aromatic N) is 2. The molecule has 3 aromatic carbocycles. The van der Waals surface area contributed by atoms with Gasteiger partial charge in [0.2, 0.25) is 0 Å². The molecule has 0 saturated carbocycles. The third-order valence-electron chi connectivity index (χ3n) is 4.26. The van der Waals surface area contributed by atoms with E-state index in [1.54, 1.807) is 0 Å². The summed E-state index contributed by atoms with van der Waals surface area (Å²) in [5.74, 6) is 1.15. The van der Waals surface area contributed by atoms with Crippen molar-refractivity contribution in [3.63, 3.8) is 0 Å². The molecule has 0 bridgehead atoms. The predicted molar refractivity (Wildman–Crippen MR) is 92.2 cm³/mol. The zero-order valence-electron chi connectivity index (χ0n) is 12.7. The Bertz CT molecular complexity index is 945. The molecular weight excluding hydrogens is 268 g/mol. The summed E-state index contributed by atoms with van der Waals surface area (Å²) in [4.78, 5) is 4.77. The zero-order valence-corrected chi connectivity index (χ0v) is 12.7. The fourth-order valence-corrected chi connectivity index (χ4v) is 3.17. The first kappa shape index (κ1) is 13.1. The maximum Gasteiger partial charge on any atom is 0.109 e. The summed E-state index contributed by atoms with van der Waals surface area (Å²) in [5, 5.41) is 2.62. The second kappa shape index (κ2) is 5.30. The number of hydrogen-bond acceptors (Lipinski definition) is 1. The minimum absolute atomic E-state index is 0.866. The second-order valence-corrected chi connectivity index (χ2v) is 5.59. The first-order valence-corrected chi connectivity index (χ1v) is 7.77. The van der Waals surface area contributed by atoms with Gasteiger partial charge in [0.05, 0.1) is 11.0 Å². The van der Waals surface area contributed by atoms with Gasteiger partial charge in [0, 0.05) is 13.0 Å². The molecule has 0 spiro atoms. The largest absolute Gasteiger partial charge is 0.323 e. The van der Waals surface area contributed by atoms with Crippen molar-refractivity contribution in [1.29, 1.82) is 0 Å². The van der Waals surface area contributed by atoms with Crippen molar-refractivity contribution >= 4 is 21.8 Å². The van der Waals surface area contributed by atoms with Crippen LogP contribution in [0, 0.1) is 0 Å². The summed E-state index contributed by atoms with van der Waals surface area (Å²) in [5.41, 5.74) is 3.64. The Morgan fingerprint density at radius 3 is 2.55 bits per heavy atom. The topological polar surface area (TPSA) is 17.8 Å². The van der Waals surface area contributed by atoms with Crippen molar-refractivity contribution in [2.45, 2.75) is 19.9 Å². The van der Waals surface area contributed by atoms with E-state index in [1.165, 1.54) is 21.9 Å². The first-order chi connectivity index (χ1) is 10.9. The molecule has 0 N–H and O–H groups in total. The van der Waals surface area contributed by atoms with Crippen LogP contribution in [0.25, 0.3) is 21.8 Å². The monoisotopic (exact) mass is 286 g/mol. The van der Waals surface area contributed by atoms with Gasteiger partial charge in [0.1, 0.15) is 5.82 Å². The van der Waals surface area contributed by atoms with Crippen molar-refractivity contribution in [3.8, 4) is 0 Å². The molecule has 0 unspecified atom stereocenters. The molecule has 0 atom stereocenters. The molecule has 1 heterocycles. The molecule has 1 aromatic heterocycles. The molecule has 108 valence electrons. The molecule has 2 nitrogen and oxygen atoms in total. The molecule has 4 rings (SSSR count). The quantitative estimate of drug-likeness (QED) is 0.529. The lowest BCUT2D eigenvalue weighted by molar-refractivity contribution is 0.757. The Balaban J connectivity index is 1.89. The second-order valence-electron chi connectivity index (χ2n) is 5.59. The standard InChI is InChI=1S/C20H18N2/c1-2-20-21-18-12-5-6-13-19(18)22(20)14-16-10-7-9-15-8-3-4-11-17(15)16/h3-13H,2,14H2,1H3. The van der Waals surface area contributed by atoms with Crippen LogP contribution in [0.2, 0.25) is 0 Å². The fraction of sp³-hybridized carbons (Fsp3) is 0.150. The lowest BCUT2D eigenvalue weighted by Gasteiger charge is -2.11. The highest BCUT2D eigenvalue weighted by Crippen LogP contribution is 2.23. The van der Waals surface area contributed by atoms with Gasteiger partial charge < -0.3 is 4.57 Å². The van der Waals surface area contributed by atoms with Crippen molar-refractivity contribution in [2.24, 2.45) is 0 Å². The molecule has 2 heteroatoms. The van der Waals surface area contributed by atoms with Crippen molar-refractivity contribution in [3.05, 3.63) is 78.1 Å². The summed E-state index contributed by atoms with van der Waals surface area (Å²) in [6.45, 7) is 3.03. The minimum atomic E-state index is 0.866.